The van der Waals surface area contributed by atoms with Crippen molar-refractivity contribution in [3.05, 3.63) is 16.6 Å². The Labute approximate surface area is 67.5 Å². The maximum atomic E-state index is 5.03. The van der Waals surface area contributed by atoms with Crippen molar-refractivity contribution in [3.63, 3.8) is 0 Å². The molecule has 4 N–H and O–H groups in total. The molecule has 0 aliphatic heterocycles. The van der Waals surface area contributed by atoms with Crippen molar-refractivity contribution in [3.8, 4) is 0 Å². The van der Waals surface area contributed by atoms with Gasteiger partial charge in [-0.2, -0.15) is 5.10 Å². The first-order valence-corrected chi connectivity index (χ1v) is 3.67. The number of aromatic nitrogens is 1. The largest absolute Gasteiger partial charge is 0.369 e. The molecule has 0 spiro atoms. The first kappa shape index (κ1) is 7.67. The third-order valence-corrected chi connectivity index (χ3v) is 1.52. The van der Waals surface area contributed by atoms with Gasteiger partial charge >= 0.3 is 0 Å². The maximum Gasteiger partial charge on any atom is 0.211 e. The van der Waals surface area contributed by atoms with Crippen LogP contribution in [0.3, 0.4) is 0 Å². The highest BCUT2D eigenvalue weighted by molar-refractivity contribution is 7.11. The van der Waals surface area contributed by atoms with Gasteiger partial charge in [-0.1, -0.05) is 0 Å². The number of rotatable bonds is 2. The average Bonchev–Trinajstić information content (AvgIpc) is 2.39. The second-order valence-corrected chi connectivity index (χ2v) is 2.59. The summed E-state index contributed by atoms with van der Waals surface area (Å²) in [6.45, 7) is 0. The number of hydrogen-bond donors (Lipinski definition) is 2. The van der Waals surface area contributed by atoms with Crippen LogP contribution in [-0.2, 0) is 0 Å². The lowest BCUT2D eigenvalue weighted by Gasteiger charge is -1.81. The quantitative estimate of drug-likeness (QED) is 0.363. The molecule has 1 aromatic heterocycles. The molecule has 1 heterocycles. The zero-order valence-corrected chi connectivity index (χ0v) is 6.45. The van der Waals surface area contributed by atoms with Gasteiger partial charge in [-0.05, 0) is 0 Å². The maximum absolute atomic E-state index is 5.03. The van der Waals surface area contributed by atoms with Gasteiger partial charge in [-0.25, -0.2) is 0 Å². The molecule has 6 heteroatoms. The monoisotopic (exact) mass is 169 g/mol. The molecule has 0 fully saturated rings. The summed E-state index contributed by atoms with van der Waals surface area (Å²) in [6.07, 6.45) is 3.22. The standard InChI is InChI=1S/C5H7N5S/c6-5(7)10-9-2-4-1-8-3-11-4/h1-3H,(H4,6,7,10). The molecule has 0 unspecified atom stereocenters. The number of hydrogen-bond acceptors (Lipinski definition) is 4. The van der Waals surface area contributed by atoms with Crippen molar-refractivity contribution >= 4 is 23.5 Å². The van der Waals surface area contributed by atoms with Crippen molar-refractivity contribution in [2.45, 2.75) is 0 Å². The molecule has 0 aliphatic rings. The highest BCUT2D eigenvalue weighted by atomic mass is 32.1. The van der Waals surface area contributed by atoms with Crippen LogP contribution in [0.1, 0.15) is 4.88 Å². The lowest BCUT2D eigenvalue weighted by atomic mass is 10.6. The van der Waals surface area contributed by atoms with Crippen LogP contribution in [0.25, 0.3) is 0 Å². The van der Waals surface area contributed by atoms with E-state index in [0.717, 1.165) is 4.88 Å². The minimum atomic E-state index is -0.0502. The van der Waals surface area contributed by atoms with Crippen LogP contribution < -0.4 is 11.5 Å². The van der Waals surface area contributed by atoms with Crippen LogP contribution in [0.15, 0.2) is 21.9 Å². The molecule has 0 saturated carbocycles. The Morgan fingerprint density at radius 2 is 2.45 bits per heavy atom. The Hall–Kier alpha value is -1.43. The summed E-state index contributed by atoms with van der Waals surface area (Å²) in [5, 5.41) is 7.02. The van der Waals surface area contributed by atoms with Gasteiger partial charge in [0.1, 0.15) is 0 Å². The Bertz CT molecular complexity index is 258. The van der Waals surface area contributed by atoms with Gasteiger partial charge in [-0.15, -0.1) is 16.4 Å². The van der Waals surface area contributed by atoms with E-state index in [1.54, 1.807) is 11.7 Å². The van der Waals surface area contributed by atoms with Crippen LogP contribution in [0.2, 0.25) is 0 Å². The fourth-order valence-electron chi connectivity index (χ4n) is 0.442. The molecule has 0 atom stereocenters. The van der Waals surface area contributed by atoms with E-state index in [2.05, 4.69) is 15.2 Å². The molecular formula is C5H7N5S. The van der Waals surface area contributed by atoms with Gasteiger partial charge in [0.15, 0.2) is 0 Å². The Balaban J connectivity index is 2.56. The predicted molar refractivity (Wildman–Crippen MR) is 45.5 cm³/mol. The van der Waals surface area contributed by atoms with E-state index in [0.29, 0.717) is 0 Å². The van der Waals surface area contributed by atoms with Crippen LogP contribution in [0.5, 0.6) is 0 Å². The second-order valence-electron chi connectivity index (χ2n) is 1.67. The number of thiazole rings is 1. The second kappa shape index (κ2) is 3.67. The summed E-state index contributed by atoms with van der Waals surface area (Å²) in [4.78, 5) is 4.75. The van der Waals surface area contributed by atoms with Gasteiger partial charge in [0.25, 0.3) is 0 Å². The highest BCUT2D eigenvalue weighted by Crippen LogP contribution is 2.00. The topological polar surface area (TPSA) is 89.7 Å². The summed E-state index contributed by atoms with van der Waals surface area (Å²) >= 11 is 1.46. The van der Waals surface area contributed by atoms with Crippen molar-refractivity contribution < 1.29 is 0 Å². The van der Waals surface area contributed by atoms with Crippen molar-refractivity contribution in [1.82, 2.24) is 4.98 Å². The Morgan fingerprint density at radius 1 is 1.64 bits per heavy atom. The normalized spacial score (nSPS) is 10.2. The van der Waals surface area contributed by atoms with Crippen LogP contribution in [0.4, 0.5) is 0 Å². The Morgan fingerprint density at radius 3 is 3.00 bits per heavy atom. The molecule has 0 aromatic carbocycles. The molecule has 0 amide bonds. The van der Waals surface area contributed by atoms with E-state index in [1.165, 1.54) is 17.6 Å². The Kier molecular flexibility index (Phi) is 2.56. The van der Waals surface area contributed by atoms with Gasteiger partial charge in [0.2, 0.25) is 5.96 Å². The minimum absolute atomic E-state index is 0.0502. The van der Waals surface area contributed by atoms with Crippen LogP contribution >= 0.6 is 11.3 Å². The SMILES string of the molecule is NC(N)=NN=Cc1cncs1. The molecule has 11 heavy (non-hydrogen) atoms. The lowest BCUT2D eigenvalue weighted by molar-refractivity contribution is 1.22. The minimum Gasteiger partial charge on any atom is -0.369 e. The molecule has 1 aromatic rings. The third kappa shape index (κ3) is 2.76. The van der Waals surface area contributed by atoms with Crippen LogP contribution in [-0.4, -0.2) is 17.2 Å². The molecule has 0 bridgehead atoms. The van der Waals surface area contributed by atoms with E-state index in [-0.39, 0.29) is 5.96 Å². The highest BCUT2D eigenvalue weighted by Gasteiger charge is 1.85. The smallest absolute Gasteiger partial charge is 0.211 e. The molecular weight excluding hydrogens is 162 g/mol. The molecule has 0 saturated heterocycles. The van der Waals surface area contributed by atoms with Gasteiger partial charge in [0.05, 0.1) is 16.6 Å². The molecule has 0 radical (unpaired) electrons. The lowest BCUT2D eigenvalue weighted by Crippen LogP contribution is -2.21. The first-order chi connectivity index (χ1) is 5.29. The third-order valence-electron chi connectivity index (χ3n) is 0.810. The molecule has 5 nitrogen and oxygen atoms in total. The fraction of sp³-hybridized carbons (Fsp3) is 0. The number of nitrogens with two attached hydrogens (primary N) is 2. The van der Waals surface area contributed by atoms with Crippen molar-refractivity contribution in [2.24, 2.45) is 21.7 Å². The van der Waals surface area contributed by atoms with E-state index < -0.39 is 0 Å². The average molecular weight is 169 g/mol. The van der Waals surface area contributed by atoms with E-state index in [9.17, 15) is 0 Å². The molecule has 58 valence electrons. The number of guanidine groups is 1. The van der Waals surface area contributed by atoms with E-state index in [4.69, 9.17) is 11.5 Å². The summed E-state index contributed by atoms with van der Waals surface area (Å²) in [6, 6.07) is 0. The zero-order valence-electron chi connectivity index (χ0n) is 5.64. The van der Waals surface area contributed by atoms with E-state index in [1.807, 2.05) is 0 Å². The predicted octanol–water partition coefficient (Wildman–Crippen LogP) is -0.250. The fourth-order valence-corrected chi connectivity index (χ4v) is 0.915. The molecule has 1 rings (SSSR count). The molecule has 0 aliphatic carbocycles. The summed E-state index contributed by atoms with van der Waals surface area (Å²) in [5.41, 5.74) is 11.8. The summed E-state index contributed by atoms with van der Waals surface area (Å²) < 4.78 is 0. The number of nitrogens with zero attached hydrogens (tertiary/aromatic N) is 3. The zero-order chi connectivity index (χ0) is 8.10. The van der Waals surface area contributed by atoms with Gasteiger partial charge < -0.3 is 11.5 Å². The summed E-state index contributed by atoms with van der Waals surface area (Å²) in [7, 11) is 0. The van der Waals surface area contributed by atoms with Crippen molar-refractivity contribution in [1.29, 1.82) is 0 Å². The van der Waals surface area contributed by atoms with E-state index >= 15 is 0 Å². The van der Waals surface area contributed by atoms with Crippen molar-refractivity contribution in [2.75, 3.05) is 0 Å². The van der Waals surface area contributed by atoms with Gasteiger partial charge in [-0.3, -0.25) is 4.98 Å². The first-order valence-electron chi connectivity index (χ1n) is 2.79. The van der Waals surface area contributed by atoms with Gasteiger partial charge in [0, 0.05) is 6.20 Å². The van der Waals surface area contributed by atoms with Crippen LogP contribution in [0, 0.1) is 0 Å². The summed E-state index contributed by atoms with van der Waals surface area (Å²) in [5.74, 6) is -0.0502.